The lowest BCUT2D eigenvalue weighted by Crippen LogP contribution is -2.23. The van der Waals surface area contributed by atoms with E-state index in [9.17, 15) is 0 Å². The van der Waals surface area contributed by atoms with Gasteiger partial charge in [-0.05, 0) is 18.1 Å². The van der Waals surface area contributed by atoms with Crippen LogP contribution in [0.3, 0.4) is 0 Å². The number of nitrogens with zero attached hydrogens (tertiary/aromatic N) is 1. The summed E-state index contributed by atoms with van der Waals surface area (Å²) in [7, 11) is -1.47. The first-order valence-electron chi connectivity index (χ1n) is 3.74. The van der Waals surface area contributed by atoms with Gasteiger partial charge in [-0.3, -0.25) is 0 Å². The Morgan fingerprint density at radius 1 is 1.40 bits per heavy atom. The first-order valence-corrected chi connectivity index (χ1v) is 7.37. The third-order valence-corrected chi connectivity index (χ3v) is 7.80. The highest BCUT2D eigenvalue weighted by Gasteiger charge is 2.25. The second-order valence-electron chi connectivity index (χ2n) is 2.52. The molecule has 10 heavy (non-hydrogen) atoms. The molecule has 0 aliphatic heterocycles. The van der Waals surface area contributed by atoms with E-state index in [2.05, 4.69) is 19.9 Å². The van der Waals surface area contributed by atoms with Gasteiger partial charge < -0.3 is 0 Å². The average molecular weight is 176 g/mol. The summed E-state index contributed by atoms with van der Waals surface area (Å²) in [5.74, 6) is 0. The predicted octanol–water partition coefficient (Wildman–Crippen LogP) is 3.12. The van der Waals surface area contributed by atoms with Gasteiger partial charge in [0.05, 0.1) is 6.07 Å². The molecule has 0 heterocycles. The van der Waals surface area contributed by atoms with Gasteiger partial charge >= 0.3 is 0 Å². The Balaban J connectivity index is 3.71. The van der Waals surface area contributed by atoms with Crippen LogP contribution in [0.15, 0.2) is 0 Å². The molecule has 0 N–H and O–H groups in total. The van der Waals surface area contributed by atoms with Crippen LogP contribution in [0.4, 0.5) is 0 Å². The molecule has 0 aromatic rings. The van der Waals surface area contributed by atoms with Crippen LogP contribution in [0, 0.1) is 11.3 Å². The summed E-state index contributed by atoms with van der Waals surface area (Å²) >= 11 is 6.27. The standard InChI is InChI=1S/C7H14ClNSi/c1-3-10(8,4-2)7-5-6-9/h3-5,7H2,1-2H3. The fourth-order valence-electron chi connectivity index (χ4n) is 0.883. The van der Waals surface area contributed by atoms with Crippen molar-refractivity contribution in [2.24, 2.45) is 0 Å². The van der Waals surface area contributed by atoms with Crippen LogP contribution in [0.25, 0.3) is 0 Å². The van der Waals surface area contributed by atoms with Gasteiger partial charge in [-0.1, -0.05) is 13.8 Å². The van der Waals surface area contributed by atoms with Crippen molar-refractivity contribution in [3.05, 3.63) is 0 Å². The van der Waals surface area contributed by atoms with E-state index in [1.165, 1.54) is 0 Å². The average Bonchev–Trinajstić information content (AvgIpc) is 2.00. The van der Waals surface area contributed by atoms with E-state index in [-0.39, 0.29) is 0 Å². The second-order valence-corrected chi connectivity index (χ2v) is 9.14. The topological polar surface area (TPSA) is 23.8 Å². The molecule has 3 heteroatoms. The Labute approximate surface area is 68.7 Å². The first-order chi connectivity index (χ1) is 4.68. The summed E-state index contributed by atoms with van der Waals surface area (Å²) in [6, 6.07) is 5.28. The van der Waals surface area contributed by atoms with Crippen molar-refractivity contribution >= 4 is 18.5 Å². The minimum atomic E-state index is -1.47. The zero-order valence-corrected chi connectivity index (χ0v) is 8.41. The summed E-state index contributed by atoms with van der Waals surface area (Å²) < 4.78 is 0. The zero-order valence-electron chi connectivity index (χ0n) is 6.65. The van der Waals surface area contributed by atoms with Crippen LogP contribution < -0.4 is 0 Å². The van der Waals surface area contributed by atoms with E-state index in [0.717, 1.165) is 18.1 Å². The number of rotatable bonds is 4. The number of halogens is 1. The maximum Gasteiger partial charge on any atom is 0.157 e. The SMILES string of the molecule is CC[Si](Cl)(CC)CCC#N. The van der Waals surface area contributed by atoms with E-state index in [1.807, 2.05) is 0 Å². The molecular weight excluding hydrogens is 162 g/mol. The Hall–Kier alpha value is -0.00312. The maximum absolute atomic E-state index is 8.33. The fraction of sp³-hybridized carbons (Fsp3) is 0.857. The highest BCUT2D eigenvalue weighted by molar-refractivity contribution is 7.20. The van der Waals surface area contributed by atoms with E-state index in [1.54, 1.807) is 0 Å². The molecule has 0 atom stereocenters. The minimum absolute atomic E-state index is 0.636. The molecule has 0 fully saturated rings. The highest BCUT2D eigenvalue weighted by Crippen LogP contribution is 2.25. The van der Waals surface area contributed by atoms with E-state index in [0.29, 0.717) is 6.42 Å². The lowest BCUT2D eigenvalue weighted by Gasteiger charge is -2.18. The molecule has 0 unspecified atom stereocenters. The molecule has 0 bridgehead atoms. The molecular formula is C7H14ClNSi. The Bertz CT molecular complexity index is 126. The summed E-state index contributed by atoms with van der Waals surface area (Å²) in [5.41, 5.74) is 0. The molecule has 1 nitrogen and oxygen atoms in total. The molecule has 0 saturated carbocycles. The molecule has 58 valence electrons. The number of hydrogen-bond acceptors (Lipinski definition) is 1. The first kappa shape index (κ1) is 10.00. The molecule has 0 amide bonds. The van der Waals surface area contributed by atoms with Crippen LogP contribution in [-0.2, 0) is 0 Å². The van der Waals surface area contributed by atoms with E-state index in [4.69, 9.17) is 16.3 Å². The molecule has 0 aliphatic carbocycles. The van der Waals surface area contributed by atoms with Crippen LogP contribution in [0.2, 0.25) is 18.1 Å². The largest absolute Gasteiger partial charge is 0.198 e. The molecule has 0 saturated heterocycles. The van der Waals surface area contributed by atoms with Crippen LogP contribution in [-0.4, -0.2) is 7.38 Å². The van der Waals surface area contributed by atoms with Crippen molar-refractivity contribution in [1.29, 1.82) is 5.26 Å². The predicted molar refractivity (Wildman–Crippen MR) is 47.6 cm³/mol. The third kappa shape index (κ3) is 3.24. The van der Waals surface area contributed by atoms with Crippen molar-refractivity contribution in [3.8, 4) is 6.07 Å². The van der Waals surface area contributed by atoms with Gasteiger partial charge in [-0.25, -0.2) is 0 Å². The minimum Gasteiger partial charge on any atom is -0.198 e. The lowest BCUT2D eigenvalue weighted by molar-refractivity contribution is 1.13. The lowest BCUT2D eigenvalue weighted by atomic mass is 10.6. The second kappa shape index (κ2) is 4.76. The molecule has 0 spiro atoms. The monoisotopic (exact) mass is 175 g/mol. The van der Waals surface area contributed by atoms with Gasteiger partial charge in [0.2, 0.25) is 0 Å². The fourth-order valence-corrected chi connectivity index (χ4v) is 2.93. The van der Waals surface area contributed by atoms with E-state index < -0.39 is 7.38 Å². The van der Waals surface area contributed by atoms with Crippen LogP contribution in [0.1, 0.15) is 20.3 Å². The van der Waals surface area contributed by atoms with Gasteiger partial charge in [0, 0.05) is 6.42 Å². The van der Waals surface area contributed by atoms with E-state index >= 15 is 0 Å². The van der Waals surface area contributed by atoms with Crippen molar-refractivity contribution in [2.75, 3.05) is 0 Å². The summed E-state index contributed by atoms with van der Waals surface area (Å²) in [6.45, 7) is 4.25. The van der Waals surface area contributed by atoms with Gasteiger partial charge in [0.25, 0.3) is 0 Å². The molecule has 0 rings (SSSR count). The van der Waals surface area contributed by atoms with Crippen molar-refractivity contribution in [1.82, 2.24) is 0 Å². The van der Waals surface area contributed by atoms with Gasteiger partial charge in [0.1, 0.15) is 0 Å². The molecule has 0 aromatic carbocycles. The quantitative estimate of drug-likeness (QED) is 0.476. The highest BCUT2D eigenvalue weighted by atomic mass is 35.6. The summed E-state index contributed by atoms with van der Waals surface area (Å²) in [4.78, 5) is 0. The van der Waals surface area contributed by atoms with Crippen molar-refractivity contribution < 1.29 is 0 Å². The van der Waals surface area contributed by atoms with Crippen LogP contribution in [0.5, 0.6) is 0 Å². The Kier molecular flexibility index (Phi) is 4.76. The smallest absolute Gasteiger partial charge is 0.157 e. The number of hydrogen-bond donors (Lipinski definition) is 0. The molecule has 0 aromatic heterocycles. The summed E-state index contributed by atoms with van der Waals surface area (Å²) in [5, 5.41) is 8.33. The number of nitriles is 1. The normalized spacial score (nSPS) is 11.0. The van der Waals surface area contributed by atoms with Gasteiger partial charge in [-0.15, -0.1) is 0 Å². The van der Waals surface area contributed by atoms with Gasteiger partial charge in [-0.2, -0.15) is 16.3 Å². The molecule has 0 aliphatic rings. The van der Waals surface area contributed by atoms with Gasteiger partial charge in [0.15, 0.2) is 7.38 Å². The maximum atomic E-state index is 8.33. The molecule has 0 radical (unpaired) electrons. The zero-order chi connectivity index (χ0) is 8.04. The van der Waals surface area contributed by atoms with Crippen LogP contribution >= 0.6 is 11.1 Å². The van der Waals surface area contributed by atoms with Crippen molar-refractivity contribution in [2.45, 2.75) is 38.4 Å². The third-order valence-electron chi connectivity index (χ3n) is 1.95. The Morgan fingerprint density at radius 2 is 1.90 bits per heavy atom. The Morgan fingerprint density at radius 3 is 2.20 bits per heavy atom. The summed E-state index contributed by atoms with van der Waals surface area (Å²) in [6.07, 6.45) is 0.636. The van der Waals surface area contributed by atoms with Crippen molar-refractivity contribution in [3.63, 3.8) is 0 Å².